The molecule has 2 rings (SSSR count). The number of hydrogen-bond acceptors (Lipinski definition) is 4. The maximum atomic E-state index is 12.3. The van der Waals surface area contributed by atoms with Crippen LogP contribution in [0.1, 0.15) is 43.0 Å². The number of benzene rings is 1. The van der Waals surface area contributed by atoms with Gasteiger partial charge in [0.25, 0.3) is 0 Å². The second kappa shape index (κ2) is 7.23. The van der Waals surface area contributed by atoms with Crippen molar-refractivity contribution >= 4 is 34.2 Å². The number of hydrogen-bond donors (Lipinski definition) is 3. The number of carbonyl (C=O) groups excluding carboxylic acids is 1. The Kier molecular flexibility index (Phi) is 5.33. The number of thiazole rings is 1. The number of aromatic nitrogens is 1. The Labute approximate surface area is 138 Å². The van der Waals surface area contributed by atoms with Crippen molar-refractivity contribution in [3.8, 4) is 0 Å². The fourth-order valence-corrected chi connectivity index (χ4v) is 2.78. The number of carbonyl (C=O) groups is 2. The highest BCUT2D eigenvalue weighted by Gasteiger charge is 2.17. The van der Waals surface area contributed by atoms with Crippen molar-refractivity contribution in [2.75, 3.05) is 10.6 Å². The molecule has 3 N–H and O–H groups in total. The largest absolute Gasteiger partial charge is 0.465 e. The Hall–Kier alpha value is -2.41. The lowest BCUT2D eigenvalue weighted by molar-refractivity contribution is -0.117. The molecule has 0 spiro atoms. The molecule has 122 valence electrons. The number of anilines is 2. The Bertz CT molecular complexity index is 695. The molecule has 1 heterocycles. The average Bonchev–Trinajstić information content (AvgIpc) is 2.95. The third-order valence-electron chi connectivity index (χ3n) is 3.38. The van der Waals surface area contributed by atoms with E-state index in [0.29, 0.717) is 16.7 Å². The molecule has 0 saturated carbocycles. The van der Waals surface area contributed by atoms with Gasteiger partial charge in [-0.2, -0.15) is 0 Å². The van der Waals surface area contributed by atoms with Crippen molar-refractivity contribution in [1.29, 1.82) is 0 Å². The Morgan fingerprint density at radius 2 is 1.78 bits per heavy atom. The lowest BCUT2D eigenvalue weighted by Gasteiger charge is -2.11. The highest BCUT2D eigenvalue weighted by Crippen LogP contribution is 2.26. The number of rotatable bonds is 5. The number of nitrogens with zero attached hydrogens (tertiary/aromatic N) is 1. The quantitative estimate of drug-likeness (QED) is 0.768. The van der Waals surface area contributed by atoms with E-state index in [9.17, 15) is 9.59 Å². The van der Waals surface area contributed by atoms with Gasteiger partial charge in [0.15, 0.2) is 5.13 Å². The molecule has 2 aromatic rings. The number of nitrogens with one attached hydrogen (secondary N) is 2. The minimum absolute atomic E-state index is 0.145. The van der Waals surface area contributed by atoms with Gasteiger partial charge in [-0.3, -0.25) is 10.1 Å². The lowest BCUT2D eigenvalue weighted by atomic mass is 10.0. The molecule has 2 amide bonds. The lowest BCUT2D eigenvalue weighted by Crippen LogP contribution is -2.18. The summed E-state index contributed by atoms with van der Waals surface area (Å²) in [7, 11) is 0. The molecule has 0 fully saturated rings. The summed E-state index contributed by atoms with van der Waals surface area (Å²) in [6, 6.07) is 6.73. The second-order valence-electron chi connectivity index (χ2n) is 5.49. The first-order chi connectivity index (χ1) is 10.9. The number of amides is 2. The summed E-state index contributed by atoms with van der Waals surface area (Å²) in [5, 5.41) is 14.3. The van der Waals surface area contributed by atoms with Crippen molar-refractivity contribution in [3.05, 3.63) is 40.9 Å². The zero-order valence-corrected chi connectivity index (χ0v) is 14.0. The smallest absolute Gasteiger partial charge is 0.409 e. The Balaban J connectivity index is 2.02. The van der Waals surface area contributed by atoms with Crippen LogP contribution in [0.4, 0.5) is 15.6 Å². The molecule has 1 aromatic carbocycles. The van der Waals surface area contributed by atoms with Gasteiger partial charge in [-0.1, -0.05) is 26.0 Å². The third kappa shape index (κ3) is 4.53. The molecule has 23 heavy (non-hydrogen) atoms. The van der Waals surface area contributed by atoms with E-state index >= 15 is 0 Å². The van der Waals surface area contributed by atoms with E-state index in [1.165, 1.54) is 11.3 Å². The molecule has 0 aliphatic carbocycles. The molecule has 0 unspecified atom stereocenters. The summed E-state index contributed by atoms with van der Waals surface area (Å²) in [4.78, 5) is 28.2. The molecular formula is C16H19N3O3S. The van der Waals surface area contributed by atoms with Gasteiger partial charge in [0.05, 0.1) is 5.92 Å². The first-order valence-electron chi connectivity index (χ1n) is 7.23. The maximum Gasteiger partial charge on any atom is 0.409 e. The maximum absolute atomic E-state index is 12.3. The molecule has 0 saturated heterocycles. The van der Waals surface area contributed by atoms with Crippen molar-refractivity contribution in [3.63, 3.8) is 0 Å². The Morgan fingerprint density at radius 3 is 2.30 bits per heavy atom. The zero-order valence-electron chi connectivity index (χ0n) is 13.2. The molecule has 0 radical (unpaired) electrons. The van der Waals surface area contributed by atoms with Crippen LogP contribution in [0, 0.1) is 0 Å². The molecule has 7 heteroatoms. The summed E-state index contributed by atoms with van der Waals surface area (Å²) in [5.74, 6) is -0.126. The summed E-state index contributed by atoms with van der Waals surface area (Å²) in [6.07, 6.45) is 0.662. The highest BCUT2D eigenvalue weighted by atomic mass is 32.1. The van der Waals surface area contributed by atoms with Crippen LogP contribution in [0.5, 0.6) is 0 Å². The van der Waals surface area contributed by atoms with Crippen LogP contribution < -0.4 is 10.6 Å². The Morgan fingerprint density at radius 1 is 1.13 bits per heavy atom. The van der Waals surface area contributed by atoms with Crippen molar-refractivity contribution in [1.82, 2.24) is 4.98 Å². The SMILES string of the molecule is CC(C)c1cnc(NC(=O)[C@@H](C)c2ccc(NC(=O)O)cc2)s1. The van der Waals surface area contributed by atoms with Gasteiger partial charge in [0.2, 0.25) is 5.91 Å². The van der Waals surface area contributed by atoms with Gasteiger partial charge in [0, 0.05) is 16.8 Å². The van der Waals surface area contributed by atoms with Crippen molar-refractivity contribution < 1.29 is 14.7 Å². The van der Waals surface area contributed by atoms with Crippen LogP contribution in [-0.4, -0.2) is 22.1 Å². The van der Waals surface area contributed by atoms with Gasteiger partial charge in [-0.25, -0.2) is 9.78 Å². The molecule has 1 aromatic heterocycles. The first-order valence-corrected chi connectivity index (χ1v) is 8.05. The molecule has 1 atom stereocenters. The zero-order chi connectivity index (χ0) is 17.0. The molecule has 0 aliphatic heterocycles. The molecule has 0 bridgehead atoms. The standard InChI is InChI=1S/C16H19N3O3S/c1-9(2)13-8-17-15(23-13)19-14(20)10(3)11-4-6-12(7-5-11)18-16(21)22/h4-10,18H,1-3H3,(H,21,22)(H,17,19,20)/t10-/m0/s1. The monoisotopic (exact) mass is 333 g/mol. The molecular weight excluding hydrogens is 314 g/mol. The summed E-state index contributed by atoms with van der Waals surface area (Å²) in [5.41, 5.74) is 1.27. The minimum Gasteiger partial charge on any atom is -0.465 e. The van der Waals surface area contributed by atoms with Gasteiger partial charge in [-0.05, 0) is 30.5 Å². The summed E-state index contributed by atoms with van der Waals surface area (Å²) in [6.45, 7) is 5.95. The van der Waals surface area contributed by atoms with E-state index in [1.807, 2.05) is 0 Å². The van der Waals surface area contributed by atoms with E-state index in [-0.39, 0.29) is 11.8 Å². The van der Waals surface area contributed by atoms with Crippen LogP contribution in [0.25, 0.3) is 0 Å². The van der Waals surface area contributed by atoms with Gasteiger partial charge in [0.1, 0.15) is 0 Å². The van der Waals surface area contributed by atoms with Crippen LogP contribution in [0.2, 0.25) is 0 Å². The number of carboxylic acid groups (broad SMARTS) is 1. The highest BCUT2D eigenvalue weighted by molar-refractivity contribution is 7.15. The predicted octanol–water partition coefficient (Wildman–Crippen LogP) is 4.10. The fourth-order valence-electron chi connectivity index (χ4n) is 1.95. The molecule has 6 nitrogen and oxygen atoms in total. The summed E-state index contributed by atoms with van der Waals surface area (Å²) >= 11 is 1.47. The van der Waals surface area contributed by atoms with Crippen LogP contribution >= 0.6 is 11.3 Å². The van der Waals surface area contributed by atoms with Crippen molar-refractivity contribution in [2.24, 2.45) is 0 Å². The van der Waals surface area contributed by atoms with E-state index in [2.05, 4.69) is 29.5 Å². The van der Waals surface area contributed by atoms with Crippen LogP contribution in [0.3, 0.4) is 0 Å². The van der Waals surface area contributed by atoms with Crippen LogP contribution in [-0.2, 0) is 4.79 Å². The van der Waals surface area contributed by atoms with Gasteiger partial charge < -0.3 is 10.4 Å². The topological polar surface area (TPSA) is 91.3 Å². The summed E-state index contributed by atoms with van der Waals surface area (Å²) < 4.78 is 0. The van der Waals surface area contributed by atoms with E-state index < -0.39 is 6.09 Å². The molecule has 0 aliphatic rings. The minimum atomic E-state index is -1.12. The van der Waals surface area contributed by atoms with E-state index in [0.717, 1.165) is 10.4 Å². The predicted molar refractivity (Wildman–Crippen MR) is 91.3 cm³/mol. The first kappa shape index (κ1) is 17.0. The third-order valence-corrected chi connectivity index (χ3v) is 4.59. The van der Waals surface area contributed by atoms with Crippen molar-refractivity contribution in [2.45, 2.75) is 32.6 Å². The second-order valence-corrected chi connectivity index (χ2v) is 6.55. The van der Waals surface area contributed by atoms with E-state index in [1.54, 1.807) is 37.4 Å². The normalized spacial score (nSPS) is 12.0. The fraction of sp³-hybridized carbons (Fsp3) is 0.312. The average molecular weight is 333 g/mol. The van der Waals surface area contributed by atoms with Crippen LogP contribution in [0.15, 0.2) is 30.5 Å². The van der Waals surface area contributed by atoms with Gasteiger partial charge >= 0.3 is 6.09 Å². The van der Waals surface area contributed by atoms with E-state index in [4.69, 9.17) is 5.11 Å². The van der Waals surface area contributed by atoms with Gasteiger partial charge in [-0.15, -0.1) is 11.3 Å².